The molecule has 8 N–H and O–H groups in total. The molecule has 5 aliphatic rings. The van der Waals surface area contributed by atoms with Crippen LogP contribution in [0.4, 0.5) is 0 Å². The number of nitrogens with zero attached hydrogens (tertiary/aromatic N) is 2. The molecular weight excluding hydrogens is 801 g/mol. The summed E-state index contributed by atoms with van der Waals surface area (Å²) < 4.78 is 0. The van der Waals surface area contributed by atoms with Crippen molar-refractivity contribution in [2.45, 2.75) is 166 Å². The van der Waals surface area contributed by atoms with Crippen molar-refractivity contribution in [3.63, 3.8) is 0 Å². The number of unbranched alkanes of at least 4 members (excludes halogenated alkanes) is 6. The first-order valence-electron chi connectivity index (χ1n) is 23.6. The van der Waals surface area contributed by atoms with Gasteiger partial charge in [0.25, 0.3) is 0 Å². The zero-order valence-electron chi connectivity index (χ0n) is 37.4. The van der Waals surface area contributed by atoms with E-state index in [1.54, 1.807) is 9.80 Å². The maximum atomic E-state index is 13.1. The molecule has 5 rings (SSSR count). The van der Waals surface area contributed by atoms with Crippen LogP contribution in [0.25, 0.3) is 0 Å². The maximum Gasteiger partial charge on any atom is 0.332 e. The van der Waals surface area contributed by atoms with Gasteiger partial charge in [-0.05, 0) is 106 Å². The third-order valence-electron chi connectivity index (χ3n) is 16.6. The fraction of sp³-hybridized carbons (Fsp3) is 0.870. The third kappa shape index (κ3) is 11.7. The van der Waals surface area contributed by atoms with Crippen LogP contribution in [0.15, 0.2) is 0 Å². The molecule has 0 radical (unpaired) electrons. The molecule has 0 aromatic heterocycles. The van der Waals surface area contributed by atoms with Gasteiger partial charge in [0.1, 0.15) is 0 Å². The Labute approximate surface area is 366 Å². The van der Waals surface area contributed by atoms with Gasteiger partial charge in [0.15, 0.2) is 0 Å². The van der Waals surface area contributed by atoms with E-state index in [0.717, 1.165) is 96.3 Å². The minimum absolute atomic E-state index is 0.0156. The van der Waals surface area contributed by atoms with Crippen molar-refractivity contribution in [3.05, 3.63) is 0 Å². The summed E-state index contributed by atoms with van der Waals surface area (Å²) in [5.74, 6) is -4.59. The Morgan fingerprint density at radius 2 is 1.31 bits per heavy atom. The standard InChI is InChI=1S/C46H76N4O12/c1-4-12-32(41(57)58)34-17-16-33-31-15-14-29-23-30(18-20-44(29,2)35(31)24-36(51)45(33,34)3)47-37(52)13-10-8-6-5-7-9-11-19-46(48-40(42(59)60)43(61)62)27-49(25-38(53)54)21-22-50(28-46)26-39(55)56/h29-36,40,48,51H,4-28H2,1-3H3,(H,47,52)(H,53,54)(H,55,56)(H,57,58)(H,59,60)(H,61,62)/t29?,30-,31?,32?,33?,34+,35?,36-,44-,45-/m0/s1. The van der Waals surface area contributed by atoms with Gasteiger partial charge in [0.05, 0.1) is 25.1 Å². The van der Waals surface area contributed by atoms with Crippen LogP contribution in [0.2, 0.25) is 0 Å². The summed E-state index contributed by atoms with van der Waals surface area (Å²) in [6.07, 6.45) is 15.3. The van der Waals surface area contributed by atoms with Gasteiger partial charge in [-0.3, -0.25) is 34.3 Å². The molecule has 0 aromatic carbocycles. The number of aliphatic carboxylic acids is 5. The molecule has 1 aliphatic heterocycles. The Bertz CT molecular complexity index is 1560. The summed E-state index contributed by atoms with van der Waals surface area (Å²) in [5, 5.41) is 66.5. The van der Waals surface area contributed by atoms with Gasteiger partial charge in [0.2, 0.25) is 11.9 Å². The van der Waals surface area contributed by atoms with Crippen LogP contribution >= 0.6 is 0 Å². The first kappa shape index (κ1) is 49.7. The lowest BCUT2D eigenvalue weighted by molar-refractivity contribution is -0.176. The number of aliphatic hydroxyl groups excluding tert-OH is 1. The zero-order valence-corrected chi connectivity index (χ0v) is 37.4. The van der Waals surface area contributed by atoms with Crippen molar-refractivity contribution in [3.8, 4) is 0 Å². The number of rotatable bonds is 23. The Morgan fingerprint density at radius 3 is 1.87 bits per heavy atom. The number of hydrogen-bond acceptors (Lipinski definition) is 10. The lowest BCUT2D eigenvalue weighted by Gasteiger charge is -2.62. The smallest absolute Gasteiger partial charge is 0.332 e. The minimum Gasteiger partial charge on any atom is -0.481 e. The van der Waals surface area contributed by atoms with E-state index >= 15 is 0 Å². The van der Waals surface area contributed by atoms with Crippen molar-refractivity contribution >= 4 is 35.8 Å². The molecule has 16 heteroatoms. The molecule has 1 amide bonds. The number of hydrogen-bond donors (Lipinski definition) is 8. The van der Waals surface area contributed by atoms with Crippen LogP contribution in [0.3, 0.4) is 0 Å². The summed E-state index contributed by atoms with van der Waals surface area (Å²) in [6.45, 7) is 6.55. The fourth-order valence-corrected chi connectivity index (χ4v) is 13.6. The van der Waals surface area contributed by atoms with E-state index in [4.69, 9.17) is 0 Å². The summed E-state index contributed by atoms with van der Waals surface area (Å²) in [7, 11) is 0. The summed E-state index contributed by atoms with van der Waals surface area (Å²) in [4.78, 5) is 75.7. The first-order chi connectivity index (χ1) is 29.3. The molecule has 4 saturated carbocycles. The molecule has 16 nitrogen and oxygen atoms in total. The molecule has 5 unspecified atom stereocenters. The largest absolute Gasteiger partial charge is 0.481 e. The Morgan fingerprint density at radius 1 is 0.710 bits per heavy atom. The van der Waals surface area contributed by atoms with E-state index in [0.29, 0.717) is 49.4 Å². The highest BCUT2D eigenvalue weighted by molar-refractivity contribution is 5.97. The highest BCUT2D eigenvalue weighted by atomic mass is 16.4. The lowest BCUT2D eigenvalue weighted by atomic mass is 9.43. The number of carbonyl (C=O) groups excluding carboxylic acids is 1. The van der Waals surface area contributed by atoms with Crippen molar-refractivity contribution < 1.29 is 59.4 Å². The minimum atomic E-state index is -1.95. The van der Waals surface area contributed by atoms with Crippen LogP contribution in [0.5, 0.6) is 0 Å². The molecule has 1 heterocycles. The molecule has 5 fully saturated rings. The van der Waals surface area contributed by atoms with Crippen LogP contribution in [-0.2, 0) is 28.8 Å². The predicted octanol–water partition coefficient (Wildman–Crippen LogP) is 4.77. The van der Waals surface area contributed by atoms with Crippen molar-refractivity contribution in [1.82, 2.24) is 20.4 Å². The molecule has 4 aliphatic carbocycles. The fourth-order valence-electron chi connectivity index (χ4n) is 13.6. The number of carboxylic acids is 5. The molecule has 62 heavy (non-hydrogen) atoms. The maximum absolute atomic E-state index is 13.1. The van der Waals surface area contributed by atoms with Gasteiger partial charge in [0, 0.05) is 49.6 Å². The van der Waals surface area contributed by atoms with Crippen LogP contribution in [-0.4, -0.2) is 139 Å². The quantitative estimate of drug-likeness (QED) is 0.0509. The number of fused-ring (bicyclic) bond motifs is 5. The second-order valence-corrected chi connectivity index (χ2v) is 20.4. The van der Waals surface area contributed by atoms with Crippen LogP contribution in [0, 0.1) is 46.3 Å². The first-order valence-corrected chi connectivity index (χ1v) is 23.6. The highest BCUT2D eigenvalue weighted by Crippen LogP contribution is 2.68. The molecular formula is C46H76N4O12. The van der Waals surface area contributed by atoms with Gasteiger partial charge >= 0.3 is 29.8 Å². The summed E-state index contributed by atoms with van der Waals surface area (Å²) >= 11 is 0. The van der Waals surface area contributed by atoms with Gasteiger partial charge < -0.3 is 36.0 Å². The van der Waals surface area contributed by atoms with E-state index in [-0.39, 0.29) is 68.0 Å². The molecule has 0 spiro atoms. The van der Waals surface area contributed by atoms with E-state index in [1.165, 1.54) is 0 Å². The average molecular weight is 877 g/mol. The van der Waals surface area contributed by atoms with E-state index in [2.05, 4.69) is 24.5 Å². The molecule has 352 valence electrons. The van der Waals surface area contributed by atoms with Gasteiger partial charge in [-0.25, -0.2) is 9.59 Å². The number of aliphatic hydroxyl groups is 1. The van der Waals surface area contributed by atoms with Gasteiger partial charge in [-0.2, -0.15) is 0 Å². The summed E-state index contributed by atoms with van der Waals surface area (Å²) in [5.41, 5.74) is -1.42. The Balaban J connectivity index is 1.04. The van der Waals surface area contributed by atoms with Gasteiger partial charge in [-0.1, -0.05) is 65.7 Å². The number of carboxylic acid groups (broad SMARTS) is 5. The van der Waals surface area contributed by atoms with Crippen LogP contribution < -0.4 is 10.6 Å². The topological polar surface area (TPSA) is 254 Å². The average Bonchev–Trinajstić information content (AvgIpc) is 3.46. The van der Waals surface area contributed by atoms with Crippen molar-refractivity contribution in [2.24, 2.45) is 46.3 Å². The van der Waals surface area contributed by atoms with Crippen molar-refractivity contribution in [1.29, 1.82) is 0 Å². The number of amides is 1. The SMILES string of the molecule is CCCC(C(=O)O)[C@H]1CCC2C3CCC4C[C@@H](NC(=O)CCCCCCCCCC5(NC(C(=O)O)C(=O)O)CN(CC(=O)O)CCN(CC(=O)O)C5)CC[C@]4(C)C3C[C@H](O)[C@@]21C. The second kappa shape index (κ2) is 21.6. The van der Waals surface area contributed by atoms with Gasteiger partial charge in [-0.15, -0.1) is 0 Å². The molecule has 0 aromatic rings. The molecule has 0 bridgehead atoms. The van der Waals surface area contributed by atoms with E-state index in [9.17, 15) is 59.4 Å². The van der Waals surface area contributed by atoms with E-state index < -0.39 is 53.4 Å². The Hall–Kier alpha value is -3.34. The monoisotopic (exact) mass is 877 g/mol. The van der Waals surface area contributed by atoms with Crippen LogP contribution in [0.1, 0.15) is 143 Å². The number of carbonyl (C=O) groups is 6. The molecule has 10 atom stereocenters. The van der Waals surface area contributed by atoms with E-state index in [1.807, 2.05) is 6.92 Å². The molecule has 1 saturated heterocycles. The lowest BCUT2D eigenvalue weighted by Crippen LogP contribution is -2.64. The number of nitrogens with one attached hydrogen (secondary N) is 2. The zero-order chi connectivity index (χ0) is 45.4. The second-order valence-electron chi connectivity index (χ2n) is 20.4. The predicted molar refractivity (Wildman–Crippen MR) is 229 cm³/mol. The highest BCUT2D eigenvalue weighted by Gasteiger charge is 2.64. The normalized spacial score (nSPS) is 32.8. The van der Waals surface area contributed by atoms with Crippen molar-refractivity contribution in [2.75, 3.05) is 39.3 Å². The summed E-state index contributed by atoms with van der Waals surface area (Å²) in [6, 6.07) is -1.80. The Kier molecular flexibility index (Phi) is 17.3. The third-order valence-corrected chi connectivity index (χ3v) is 16.6.